The van der Waals surface area contributed by atoms with Gasteiger partial charge in [0.1, 0.15) is 5.75 Å². The van der Waals surface area contributed by atoms with Gasteiger partial charge in [-0.15, -0.1) is 0 Å². The molecule has 1 aliphatic carbocycles. The zero-order valence-corrected chi connectivity index (χ0v) is 20.0. The lowest BCUT2D eigenvalue weighted by atomic mass is 9.88. The minimum Gasteiger partial charge on any atom is -0.497 e. The number of benzene rings is 1. The van der Waals surface area contributed by atoms with E-state index in [1.165, 1.54) is 11.1 Å². The fourth-order valence-corrected chi connectivity index (χ4v) is 4.31. The third-order valence-corrected chi connectivity index (χ3v) is 10.7. The van der Waals surface area contributed by atoms with Crippen molar-refractivity contribution in [1.29, 1.82) is 0 Å². The van der Waals surface area contributed by atoms with E-state index in [9.17, 15) is 0 Å². The van der Waals surface area contributed by atoms with E-state index < -0.39 is 8.32 Å². The lowest BCUT2D eigenvalue weighted by Gasteiger charge is -2.36. The van der Waals surface area contributed by atoms with E-state index in [4.69, 9.17) is 13.9 Å². The van der Waals surface area contributed by atoms with Gasteiger partial charge in [-0.25, -0.2) is 0 Å². The van der Waals surface area contributed by atoms with E-state index in [2.05, 4.69) is 72.5 Å². The molecule has 0 amide bonds. The molecule has 1 aliphatic rings. The largest absolute Gasteiger partial charge is 0.497 e. The minimum absolute atomic E-state index is 0.0325. The van der Waals surface area contributed by atoms with Crippen molar-refractivity contribution in [2.75, 3.05) is 13.7 Å². The summed E-state index contributed by atoms with van der Waals surface area (Å²) in [6.45, 7) is 21.4. The molecular formula is C24H38O3Si. The van der Waals surface area contributed by atoms with Crippen molar-refractivity contribution >= 4 is 8.32 Å². The summed E-state index contributed by atoms with van der Waals surface area (Å²) >= 11 is 0. The van der Waals surface area contributed by atoms with Gasteiger partial charge in [0.05, 0.1) is 26.4 Å². The predicted molar refractivity (Wildman–Crippen MR) is 120 cm³/mol. The van der Waals surface area contributed by atoms with E-state index in [1.54, 1.807) is 7.11 Å². The van der Waals surface area contributed by atoms with Gasteiger partial charge in [0.2, 0.25) is 0 Å². The van der Waals surface area contributed by atoms with Crippen LogP contribution in [0.5, 0.6) is 5.75 Å². The minimum atomic E-state index is -1.76. The van der Waals surface area contributed by atoms with Crippen molar-refractivity contribution in [2.45, 2.75) is 71.9 Å². The first-order valence-electron chi connectivity index (χ1n) is 10.1. The van der Waals surface area contributed by atoms with Crippen molar-refractivity contribution < 1.29 is 13.9 Å². The molecular weight excluding hydrogens is 364 g/mol. The molecule has 3 nitrogen and oxygen atoms in total. The number of hydrogen-bond acceptors (Lipinski definition) is 3. The van der Waals surface area contributed by atoms with E-state index >= 15 is 0 Å². The summed E-state index contributed by atoms with van der Waals surface area (Å²) in [6, 6.07) is 8.06. The van der Waals surface area contributed by atoms with Crippen LogP contribution in [-0.4, -0.2) is 28.1 Å². The highest BCUT2D eigenvalue weighted by Gasteiger charge is 2.42. The van der Waals surface area contributed by atoms with Crippen molar-refractivity contribution in [1.82, 2.24) is 0 Å². The van der Waals surface area contributed by atoms with Crippen LogP contribution in [0.1, 0.15) is 46.6 Å². The van der Waals surface area contributed by atoms with Crippen molar-refractivity contribution in [3.8, 4) is 5.75 Å². The Hall–Kier alpha value is -1.36. The molecule has 1 aromatic carbocycles. The quantitative estimate of drug-likeness (QED) is 0.486. The normalized spacial score (nSPS) is 21.4. The summed E-state index contributed by atoms with van der Waals surface area (Å²) in [5.74, 6) is 0.863. The van der Waals surface area contributed by atoms with Crippen LogP contribution in [0.2, 0.25) is 18.1 Å². The Balaban J connectivity index is 2.09. The Morgan fingerprint density at radius 2 is 1.79 bits per heavy atom. The van der Waals surface area contributed by atoms with E-state index in [1.807, 2.05) is 12.1 Å². The average Bonchev–Trinajstić information content (AvgIpc) is 2.80. The van der Waals surface area contributed by atoms with Gasteiger partial charge in [-0.1, -0.05) is 59.4 Å². The highest BCUT2D eigenvalue weighted by Crippen LogP contribution is 2.46. The van der Waals surface area contributed by atoms with Gasteiger partial charge in [0.15, 0.2) is 8.32 Å². The topological polar surface area (TPSA) is 27.7 Å². The van der Waals surface area contributed by atoms with Crippen LogP contribution in [0.25, 0.3) is 0 Å². The molecule has 4 heteroatoms. The molecule has 28 heavy (non-hydrogen) atoms. The molecule has 0 aromatic heterocycles. The summed E-state index contributed by atoms with van der Waals surface area (Å²) in [7, 11) is -0.0821. The second-order valence-electron chi connectivity index (χ2n) is 10.0. The molecule has 0 heterocycles. The lowest BCUT2D eigenvalue weighted by molar-refractivity contribution is 0.00380. The monoisotopic (exact) mass is 402 g/mol. The van der Waals surface area contributed by atoms with Crippen LogP contribution in [0.4, 0.5) is 0 Å². The highest BCUT2D eigenvalue weighted by atomic mass is 28.4. The van der Waals surface area contributed by atoms with Crippen LogP contribution in [-0.2, 0) is 15.8 Å². The molecule has 1 unspecified atom stereocenters. The summed E-state index contributed by atoms with van der Waals surface area (Å²) in [6.07, 6.45) is 3.19. The Morgan fingerprint density at radius 3 is 2.32 bits per heavy atom. The SMILES string of the molecule is C=C1CC(C)(C)C(OCc2ccc(OC)cc2)/C1=C\CO[Si](C)(C)C(C)(C)C. The molecule has 1 atom stereocenters. The van der Waals surface area contributed by atoms with Gasteiger partial charge in [-0.3, -0.25) is 0 Å². The van der Waals surface area contributed by atoms with Gasteiger partial charge < -0.3 is 13.9 Å². The molecule has 2 rings (SSSR count). The second-order valence-corrected chi connectivity index (χ2v) is 14.8. The zero-order chi connectivity index (χ0) is 21.2. The molecule has 0 aliphatic heterocycles. The van der Waals surface area contributed by atoms with Gasteiger partial charge in [-0.05, 0) is 58.8 Å². The molecule has 0 N–H and O–H groups in total. The summed E-state index contributed by atoms with van der Waals surface area (Å²) in [4.78, 5) is 0. The smallest absolute Gasteiger partial charge is 0.192 e. The lowest BCUT2D eigenvalue weighted by Crippen LogP contribution is -2.40. The molecule has 1 fully saturated rings. The third-order valence-electron chi connectivity index (χ3n) is 6.20. The van der Waals surface area contributed by atoms with Gasteiger partial charge in [0.25, 0.3) is 0 Å². The molecule has 0 bridgehead atoms. The standard InChI is InChI=1S/C24H38O3Si/c1-18-16-24(5,6)22(26-17-19-10-12-20(25-7)13-11-19)21(18)14-15-27-28(8,9)23(2,3)4/h10-14,22H,1,15-17H2,2-9H3/b21-14-. The summed E-state index contributed by atoms with van der Waals surface area (Å²) in [5, 5.41) is 0.210. The fraction of sp³-hybridized carbons (Fsp3) is 0.583. The molecule has 0 spiro atoms. The number of hydrogen-bond donors (Lipinski definition) is 0. The van der Waals surface area contributed by atoms with Crippen LogP contribution >= 0.6 is 0 Å². The summed E-state index contributed by atoms with van der Waals surface area (Å²) in [5.41, 5.74) is 3.55. The van der Waals surface area contributed by atoms with Gasteiger partial charge in [0, 0.05) is 0 Å². The maximum atomic E-state index is 6.40. The first kappa shape index (κ1) is 22.9. The van der Waals surface area contributed by atoms with Crippen LogP contribution < -0.4 is 4.74 Å². The molecule has 1 aromatic rings. The highest BCUT2D eigenvalue weighted by molar-refractivity contribution is 6.74. The summed E-state index contributed by atoms with van der Waals surface area (Å²) < 4.78 is 18.0. The molecule has 0 radical (unpaired) electrons. The Bertz CT molecular complexity index is 708. The zero-order valence-electron chi connectivity index (χ0n) is 19.0. The first-order chi connectivity index (χ1) is 12.9. The number of methoxy groups -OCH3 is 1. The maximum Gasteiger partial charge on any atom is 0.192 e. The fourth-order valence-electron chi connectivity index (χ4n) is 3.38. The van der Waals surface area contributed by atoms with Gasteiger partial charge in [-0.2, -0.15) is 0 Å². The Morgan fingerprint density at radius 1 is 1.18 bits per heavy atom. The number of ether oxygens (including phenoxy) is 2. The van der Waals surface area contributed by atoms with Crippen molar-refractivity contribution in [2.24, 2.45) is 5.41 Å². The Kier molecular flexibility index (Phi) is 7.01. The van der Waals surface area contributed by atoms with E-state index in [0.29, 0.717) is 13.2 Å². The van der Waals surface area contributed by atoms with Crippen LogP contribution in [0.15, 0.2) is 48.1 Å². The van der Waals surface area contributed by atoms with Crippen LogP contribution in [0.3, 0.4) is 0 Å². The maximum absolute atomic E-state index is 6.40. The van der Waals surface area contributed by atoms with E-state index in [0.717, 1.165) is 17.7 Å². The van der Waals surface area contributed by atoms with Crippen LogP contribution in [0, 0.1) is 5.41 Å². The van der Waals surface area contributed by atoms with Crippen molar-refractivity contribution in [3.05, 3.63) is 53.6 Å². The predicted octanol–water partition coefficient (Wildman–Crippen LogP) is 6.51. The Labute approximate surface area is 172 Å². The van der Waals surface area contributed by atoms with Gasteiger partial charge >= 0.3 is 0 Å². The molecule has 156 valence electrons. The van der Waals surface area contributed by atoms with E-state index in [-0.39, 0.29) is 16.6 Å². The molecule has 0 saturated heterocycles. The van der Waals surface area contributed by atoms with Crippen molar-refractivity contribution in [3.63, 3.8) is 0 Å². The molecule has 1 saturated carbocycles. The second kappa shape index (κ2) is 8.56. The first-order valence-corrected chi connectivity index (χ1v) is 13.0. The number of rotatable bonds is 7. The average molecular weight is 403 g/mol. The third kappa shape index (κ3) is 5.37.